The van der Waals surface area contributed by atoms with Crippen LogP contribution in [0.4, 0.5) is 0 Å². The van der Waals surface area contributed by atoms with E-state index in [9.17, 15) is 40.2 Å². The van der Waals surface area contributed by atoms with Crippen molar-refractivity contribution in [3.8, 4) is 17.2 Å². The number of fused-ring (bicyclic) bond motifs is 3. The lowest BCUT2D eigenvalue weighted by Gasteiger charge is -2.42. The maximum absolute atomic E-state index is 14.0. The van der Waals surface area contributed by atoms with Crippen LogP contribution in [0.3, 0.4) is 0 Å². The molecular weight excluding hydrogens is 564 g/mol. The van der Waals surface area contributed by atoms with Gasteiger partial charge in [0.2, 0.25) is 6.29 Å². The number of phenolic OH excluding ortho intramolecular Hbond substituents is 2. The van der Waals surface area contributed by atoms with Crippen LogP contribution >= 0.6 is 0 Å². The number of carbonyl (C=O) groups is 2. The van der Waals surface area contributed by atoms with Crippen molar-refractivity contribution in [2.24, 2.45) is 0 Å². The Balaban J connectivity index is 1.27. The summed E-state index contributed by atoms with van der Waals surface area (Å²) in [6.45, 7) is 5.00. The first-order valence-electron chi connectivity index (χ1n) is 14.2. The molecule has 0 spiro atoms. The first-order chi connectivity index (χ1) is 20.3. The third-order valence-electron chi connectivity index (χ3n) is 8.57. The van der Waals surface area contributed by atoms with Crippen LogP contribution in [0.5, 0.6) is 17.2 Å². The predicted octanol–water partition coefficient (Wildman–Crippen LogP) is 1.27. The SMILES string of the molecule is Cc1cc(O)c2c(c1)C[C@@H](O)C1=C2C(=O)c2c(OC3CC(O)C(OC4CC(O)C(O)C(C)O4)C(C)O3)ccc(O)c2C1=O. The molecule has 2 saturated heterocycles. The Morgan fingerprint density at radius 3 is 2.21 bits per heavy atom. The average Bonchev–Trinajstić information content (AvgIpc) is 2.92. The number of Topliss-reactive ketones (excluding diaryl/α,β-unsaturated/α-hetero) is 2. The largest absolute Gasteiger partial charge is 0.507 e. The molecule has 12 nitrogen and oxygen atoms in total. The molecule has 0 aromatic heterocycles. The van der Waals surface area contributed by atoms with Gasteiger partial charge >= 0.3 is 0 Å². The lowest BCUT2D eigenvalue weighted by molar-refractivity contribution is -0.303. The number of ether oxygens (including phenoxy) is 4. The molecule has 2 aliphatic heterocycles. The topological polar surface area (TPSA) is 192 Å². The van der Waals surface area contributed by atoms with Gasteiger partial charge in [0.25, 0.3) is 0 Å². The highest BCUT2D eigenvalue weighted by molar-refractivity contribution is 6.42. The molecule has 0 amide bonds. The third-order valence-corrected chi connectivity index (χ3v) is 8.57. The zero-order valence-corrected chi connectivity index (χ0v) is 23.8. The molecular formula is C31H34O12. The van der Waals surface area contributed by atoms with Gasteiger partial charge in [0.15, 0.2) is 17.9 Å². The predicted molar refractivity (Wildman–Crippen MR) is 148 cm³/mol. The Bertz CT molecular complexity index is 1490. The second-order valence-corrected chi connectivity index (χ2v) is 11.7. The molecule has 0 saturated carbocycles. The summed E-state index contributed by atoms with van der Waals surface area (Å²) >= 11 is 0. The van der Waals surface area contributed by atoms with E-state index >= 15 is 0 Å². The molecule has 9 atom stereocenters. The van der Waals surface area contributed by atoms with E-state index in [1.54, 1.807) is 26.8 Å². The average molecular weight is 599 g/mol. The van der Waals surface area contributed by atoms with Crippen molar-refractivity contribution in [1.29, 1.82) is 0 Å². The van der Waals surface area contributed by atoms with Gasteiger partial charge in [-0.15, -0.1) is 0 Å². The van der Waals surface area contributed by atoms with Crippen molar-refractivity contribution in [1.82, 2.24) is 0 Å². The molecule has 230 valence electrons. The molecule has 2 aliphatic carbocycles. The molecule has 2 fully saturated rings. The summed E-state index contributed by atoms with van der Waals surface area (Å²) in [5.74, 6) is -2.25. The fourth-order valence-electron chi connectivity index (χ4n) is 6.51. The first kappa shape index (κ1) is 29.7. The number of carbonyl (C=O) groups excluding carboxylic acids is 2. The van der Waals surface area contributed by atoms with Gasteiger partial charge in [-0.05, 0) is 50.1 Å². The number of ketones is 2. The third kappa shape index (κ3) is 5.02. The van der Waals surface area contributed by atoms with E-state index < -0.39 is 72.6 Å². The lowest BCUT2D eigenvalue weighted by atomic mass is 9.72. The standard InChI is InChI=1S/C31H34O12/c1-11-6-14-8-17(34)25-27(23(14)16(33)7-11)30(39)26-20(5-4-15(32)24(26)29(25)38)42-21-10-19(36)31(13(3)41-21)43-22-9-18(35)28(37)12(2)40-22/h4-7,12-13,17-19,21-22,28,31-37H,8-10H2,1-3H3/t12?,13?,17-,18?,19?,21?,22?,28?,31?/m1/s1. The summed E-state index contributed by atoms with van der Waals surface area (Å²) < 4.78 is 23.5. The minimum atomic E-state index is -1.33. The quantitative estimate of drug-likeness (QED) is 0.296. The molecule has 2 aromatic carbocycles. The summed E-state index contributed by atoms with van der Waals surface area (Å²) in [7, 11) is 0. The van der Waals surface area contributed by atoms with Gasteiger partial charge in [0, 0.05) is 36.0 Å². The number of phenols is 2. The Labute approximate surface area is 246 Å². The minimum absolute atomic E-state index is 0.00193. The van der Waals surface area contributed by atoms with Gasteiger partial charge in [-0.25, -0.2) is 0 Å². The van der Waals surface area contributed by atoms with Crippen molar-refractivity contribution in [3.63, 3.8) is 0 Å². The van der Waals surface area contributed by atoms with Crippen LogP contribution in [-0.2, 0) is 20.6 Å². The van der Waals surface area contributed by atoms with Crippen LogP contribution in [0, 0.1) is 6.92 Å². The van der Waals surface area contributed by atoms with E-state index in [0.29, 0.717) is 11.1 Å². The number of aliphatic hydroxyl groups is 4. The van der Waals surface area contributed by atoms with Gasteiger partial charge in [-0.1, -0.05) is 6.07 Å². The Kier molecular flexibility index (Phi) is 7.58. The van der Waals surface area contributed by atoms with Gasteiger partial charge in [0.05, 0.1) is 41.6 Å². The van der Waals surface area contributed by atoms with Crippen molar-refractivity contribution in [2.45, 2.75) is 95.3 Å². The minimum Gasteiger partial charge on any atom is -0.507 e. The van der Waals surface area contributed by atoms with Crippen molar-refractivity contribution >= 4 is 17.1 Å². The summed E-state index contributed by atoms with van der Waals surface area (Å²) in [4.78, 5) is 27.7. The first-order valence-corrected chi connectivity index (χ1v) is 14.2. The zero-order valence-electron chi connectivity index (χ0n) is 23.8. The highest BCUT2D eigenvalue weighted by Crippen LogP contribution is 2.47. The fourth-order valence-corrected chi connectivity index (χ4v) is 6.51. The van der Waals surface area contributed by atoms with Crippen molar-refractivity contribution in [2.75, 3.05) is 0 Å². The van der Waals surface area contributed by atoms with Gasteiger partial charge < -0.3 is 49.6 Å². The van der Waals surface area contributed by atoms with Crippen LogP contribution < -0.4 is 4.74 Å². The number of allylic oxidation sites excluding steroid dienone is 1. The van der Waals surface area contributed by atoms with Crippen LogP contribution in [0.15, 0.2) is 29.8 Å². The molecule has 4 aliphatic rings. The monoisotopic (exact) mass is 598 g/mol. The van der Waals surface area contributed by atoms with E-state index in [1.807, 2.05) is 0 Å². The molecule has 8 unspecified atom stereocenters. The number of hydrogen-bond donors (Lipinski definition) is 6. The van der Waals surface area contributed by atoms with Crippen LogP contribution in [-0.4, -0.2) is 97.5 Å². The second-order valence-electron chi connectivity index (χ2n) is 11.7. The molecule has 6 N–H and O–H groups in total. The smallest absolute Gasteiger partial charge is 0.202 e. The maximum Gasteiger partial charge on any atom is 0.202 e. The molecule has 0 bridgehead atoms. The van der Waals surface area contributed by atoms with Crippen LogP contribution in [0.1, 0.15) is 64.1 Å². The van der Waals surface area contributed by atoms with Gasteiger partial charge in [-0.3, -0.25) is 9.59 Å². The molecule has 0 radical (unpaired) electrons. The van der Waals surface area contributed by atoms with Crippen molar-refractivity contribution in [3.05, 3.63) is 57.7 Å². The van der Waals surface area contributed by atoms with Crippen molar-refractivity contribution < 1.29 is 59.2 Å². The summed E-state index contributed by atoms with van der Waals surface area (Å²) in [5.41, 5.74) is 0.445. The molecule has 12 heteroatoms. The highest BCUT2D eigenvalue weighted by atomic mass is 16.7. The Morgan fingerprint density at radius 1 is 0.814 bits per heavy atom. The Morgan fingerprint density at radius 2 is 1.51 bits per heavy atom. The zero-order chi connectivity index (χ0) is 30.9. The van der Waals surface area contributed by atoms with E-state index in [-0.39, 0.29) is 58.6 Å². The highest BCUT2D eigenvalue weighted by Gasteiger charge is 2.46. The normalized spacial score (nSPS) is 34.0. The number of benzene rings is 2. The number of aryl methyl sites for hydroxylation is 1. The second kappa shape index (κ2) is 11.0. The van der Waals surface area contributed by atoms with E-state index in [0.717, 1.165) is 0 Å². The fraction of sp³-hybridized carbons (Fsp3) is 0.484. The van der Waals surface area contributed by atoms with Gasteiger partial charge in [0.1, 0.15) is 29.5 Å². The Hall–Kier alpha value is -3.36. The van der Waals surface area contributed by atoms with E-state index in [2.05, 4.69) is 0 Å². The molecule has 6 rings (SSSR count). The van der Waals surface area contributed by atoms with Crippen LogP contribution in [0.25, 0.3) is 5.57 Å². The molecule has 2 aromatic rings. The lowest BCUT2D eigenvalue weighted by Crippen LogP contribution is -2.54. The summed E-state index contributed by atoms with van der Waals surface area (Å²) in [6.07, 6.45) is -8.90. The number of rotatable bonds is 4. The number of aliphatic hydroxyl groups excluding tert-OH is 4. The maximum atomic E-state index is 14.0. The summed E-state index contributed by atoms with van der Waals surface area (Å²) in [6, 6.07) is 5.71. The molecule has 43 heavy (non-hydrogen) atoms. The van der Waals surface area contributed by atoms with Crippen LogP contribution in [0.2, 0.25) is 0 Å². The number of hydrogen-bond acceptors (Lipinski definition) is 12. The summed E-state index contributed by atoms with van der Waals surface area (Å²) in [5, 5.41) is 63.3. The molecule has 2 heterocycles. The van der Waals surface area contributed by atoms with E-state index in [1.165, 1.54) is 18.2 Å². The van der Waals surface area contributed by atoms with Gasteiger partial charge in [-0.2, -0.15) is 0 Å². The van der Waals surface area contributed by atoms with E-state index in [4.69, 9.17) is 18.9 Å². The number of aromatic hydroxyl groups is 2.